The third kappa shape index (κ3) is 9.22. The molecule has 24 nitrogen and oxygen atoms in total. The number of aryl methyl sites for hydroxylation is 4. The Morgan fingerprint density at radius 2 is 1.00 bits per heavy atom. The van der Waals surface area contributed by atoms with Crippen molar-refractivity contribution in [2.75, 3.05) is 24.9 Å². The van der Waals surface area contributed by atoms with Gasteiger partial charge in [-0.2, -0.15) is 29.8 Å². The molecule has 6 aromatic heterocycles. The van der Waals surface area contributed by atoms with Crippen LogP contribution in [0.1, 0.15) is 64.2 Å². The number of hydrogen-bond acceptors (Lipinski definition) is 18. The van der Waals surface area contributed by atoms with Gasteiger partial charge >= 0.3 is 11.9 Å². The minimum Gasteiger partial charge on any atom is -0.465 e. The molecule has 0 saturated carbocycles. The molecule has 2 N–H and O–H groups in total. The number of hydrogen-bond donors (Lipinski definition) is 2. The molecule has 304 valence electrons. The molecule has 0 spiro atoms. The summed E-state index contributed by atoms with van der Waals surface area (Å²) in [5.41, 5.74) is 1.40. The SMILES string of the molecule is COC(=O)c1cnn(C)c1N=Nc1c(C)nn(-c2ncccn2)c1NC(=O)CCCCCC(=O)Nc1c(N=Nc2c(C(=O)OC)cnn2C)c(C)nn1-c1ncccn1. The monoisotopic (exact) mass is 806 g/mol. The summed E-state index contributed by atoms with van der Waals surface area (Å²) in [5, 5.41) is 40.0. The van der Waals surface area contributed by atoms with Crippen LogP contribution in [-0.2, 0) is 33.2 Å². The number of unbranched alkanes of at least 4 members (excludes halogenated alkanes) is 2. The lowest BCUT2D eigenvalue weighted by Crippen LogP contribution is -2.16. The summed E-state index contributed by atoms with van der Waals surface area (Å²) in [6, 6.07) is 3.28. The van der Waals surface area contributed by atoms with Gasteiger partial charge in [-0.1, -0.05) is 6.42 Å². The molecule has 0 aliphatic heterocycles. The number of anilines is 2. The van der Waals surface area contributed by atoms with E-state index < -0.39 is 11.9 Å². The summed E-state index contributed by atoms with van der Waals surface area (Å²) in [6.07, 6.45) is 10.3. The maximum absolute atomic E-state index is 13.3. The number of aromatic nitrogens is 12. The van der Waals surface area contributed by atoms with Gasteiger partial charge in [0.05, 0.1) is 38.0 Å². The largest absolute Gasteiger partial charge is 0.465 e. The van der Waals surface area contributed by atoms with E-state index in [0.29, 0.717) is 30.7 Å². The minimum absolute atomic E-state index is 0.0930. The number of carbonyl (C=O) groups excluding carboxylic acids is 4. The Hall–Kier alpha value is -7.92. The van der Waals surface area contributed by atoms with Crippen molar-refractivity contribution in [1.29, 1.82) is 0 Å². The summed E-state index contributed by atoms with van der Waals surface area (Å²) >= 11 is 0. The highest BCUT2D eigenvalue weighted by Crippen LogP contribution is 2.35. The number of methoxy groups -OCH3 is 2. The van der Waals surface area contributed by atoms with Gasteiger partial charge < -0.3 is 20.1 Å². The van der Waals surface area contributed by atoms with Gasteiger partial charge in [0.25, 0.3) is 11.9 Å². The van der Waals surface area contributed by atoms with Gasteiger partial charge in [-0.25, -0.2) is 38.9 Å². The van der Waals surface area contributed by atoms with Crippen LogP contribution in [-0.4, -0.2) is 97.0 Å². The molecule has 24 heteroatoms. The minimum atomic E-state index is -0.642. The van der Waals surface area contributed by atoms with Gasteiger partial charge in [0.2, 0.25) is 11.8 Å². The van der Waals surface area contributed by atoms with Crippen molar-refractivity contribution in [3.8, 4) is 11.9 Å². The zero-order valence-corrected chi connectivity index (χ0v) is 32.8. The molecule has 0 bridgehead atoms. The van der Waals surface area contributed by atoms with E-state index in [1.807, 2.05) is 0 Å². The first kappa shape index (κ1) is 40.7. The standard InChI is InChI=1S/C35H38N18O6/c1-20-26(44-46-28-22(32(56)58-5)18-40-50(28)3)30(52(48-20)34-36-14-10-15-37-34)42-24(54)12-8-7-9-13-25(55)43-31-27(21(2)49-53(31)35-38-16-11-17-39-35)45-47-29-23(33(57)59-6)19-41-51(29)4/h10-11,14-19H,7-9,12-13H2,1-6H3,(H,42,54)(H,43,55). The van der Waals surface area contributed by atoms with Crippen molar-refractivity contribution >= 4 is 58.4 Å². The lowest BCUT2D eigenvalue weighted by molar-refractivity contribution is -0.116. The van der Waals surface area contributed by atoms with Crippen LogP contribution >= 0.6 is 0 Å². The number of rotatable bonds is 16. The Kier molecular flexibility index (Phi) is 12.7. The van der Waals surface area contributed by atoms with Gasteiger partial charge in [0.1, 0.15) is 11.1 Å². The fraction of sp³-hybridized carbons (Fsp3) is 0.314. The van der Waals surface area contributed by atoms with E-state index in [1.54, 1.807) is 40.1 Å². The molecular formula is C35H38N18O6. The van der Waals surface area contributed by atoms with E-state index in [4.69, 9.17) is 9.47 Å². The second-order valence-electron chi connectivity index (χ2n) is 12.5. The zero-order chi connectivity index (χ0) is 42.1. The van der Waals surface area contributed by atoms with Crippen molar-refractivity contribution in [2.45, 2.75) is 46.0 Å². The summed E-state index contributed by atoms with van der Waals surface area (Å²) in [7, 11) is 5.67. The normalized spacial score (nSPS) is 11.4. The molecule has 6 rings (SSSR count). The second-order valence-corrected chi connectivity index (χ2v) is 12.5. The van der Waals surface area contributed by atoms with Gasteiger partial charge in [0.15, 0.2) is 34.6 Å². The number of ether oxygens (including phenoxy) is 2. The van der Waals surface area contributed by atoms with Crippen LogP contribution in [0.25, 0.3) is 11.9 Å². The number of amides is 2. The predicted molar refractivity (Wildman–Crippen MR) is 206 cm³/mol. The zero-order valence-electron chi connectivity index (χ0n) is 32.8. The molecule has 0 aliphatic carbocycles. The van der Waals surface area contributed by atoms with Crippen molar-refractivity contribution in [3.63, 3.8) is 0 Å². The number of carbonyl (C=O) groups is 4. The number of esters is 2. The molecule has 0 aromatic carbocycles. The fourth-order valence-corrected chi connectivity index (χ4v) is 5.53. The van der Waals surface area contributed by atoms with Crippen LogP contribution in [0, 0.1) is 13.8 Å². The highest BCUT2D eigenvalue weighted by atomic mass is 16.5. The summed E-state index contributed by atoms with van der Waals surface area (Å²) in [4.78, 5) is 68.2. The molecule has 6 aromatic rings. The third-order valence-electron chi connectivity index (χ3n) is 8.48. The third-order valence-corrected chi connectivity index (χ3v) is 8.48. The molecule has 0 saturated heterocycles. The van der Waals surface area contributed by atoms with Crippen molar-refractivity contribution in [1.82, 2.24) is 59.1 Å². The Morgan fingerprint density at radius 1 is 0.610 bits per heavy atom. The Labute approximate surface area is 334 Å². The van der Waals surface area contributed by atoms with Gasteiger partial charge in [-0.3, -0.25) is 9.59 Å². The van der Waals surface area contributed by atoms with E-state index in [0.717, 1.165) is 0 Å². The first-order chi connectivity index (χ1) is 28.5. The molecule has 0 fully saturated rings. The second kappa shape index (κ2) is 18.4. The topological polar surface area (TPSA) is 283 Å². The molecular weight excluding hydrogens is 769 g/mol. The van der Waals surface area contributed by atoms with Crippen LogP contribution in [0.5, 0.6) is 0 Å². The molecule has 0 aliphatic rings. The smallest absolute Gasteiger partial charge is 0.343 e. The first-order valence-corrected chi connectivity index (χ1v) is 17.9. The Balaban J connectivity index is 1.12. The predicted octanol–water partition coefficient (Wildman–Crippen LogP) is 4.65. The van der Waals surface area contributed by atoms with Crippen molar-refractivity contribution < 1.29 is 28.7 Å². The average Bonchev–Trinajstić information content (AvgIpc) is 3.98. The summed E-state index contributed by atoms with van der Waals surface area (Å²) in [6.45, 7) is 3.35. The Bertz CT molecular complexity index is 2360. The fourth-order valence-electron chi connectivity index (χ4n) is 5.53. The number of nitrogens with one attached hydrogen (secondary N) is 2. The van der Waals surface area contributed by atoms with E-state index in [9.17, 15) is 19.2 Å². The molecule has 6 heterocycles. The number of azo groups is 2. The van der Waals surface area contributed by atoms with Gasteiger partial charge in [0, 0.05) is 51.7 Å². The van der Waals surface area contributed by atoms with Crippen LogP contribution < -0.4 is 10.6 Å². The van der Waals surface area contributed by atoms with Crippen molar-refractivity contribution in [2.24, 2.45) is 34.6 Å². The van der Waals surface area contributed by atoms with E-state index in [-0.39, 0.29) is 82.3 Å². The molecule has 2 amide bonds. The van der Waals surface area contributed by atoms with Crippen LogP contribution in [0.15, 0.2) is 69.8 Å². The van der Waals surface area contributed by atoms with Crippen LogP contribution in [0.2, 0.25) is 0 Å². The van der Waals surface area contributed by atoms with Gasteiger partial charge in [-0.05, 0) is 38.8 Å². The van der Waals surface area contributed by atoms with Crippen LogP contribution in [0.3, 0.4) is 0 Å². The lowest BCUT2D eigenvalue weighted by atomic mass is 10.1. The average molecular weight is 807 g/mol. The highest BCUT2D eigenvalue weighted by Gasteiger charge is 2.24. The lowest BCUT2D eigenvalue weighted by Gasteiger charge is -2.09. The summed E-state index contributed by atoms with van der Waals surface area (Å²) < 4.78 is 15.1. The number of nitrogens with zero attached hydrogens (tertiary/aromatic N) is 16. The molecule has 0 radical (unpaired) electrons. The maximum atomic E-state index is 13.3. The highest BCUT2D eigenvalue weighted by molar-refractivity contribution is 5.95. The molecule has 0 atom stereocenters. The molecule has 59 heavy (non-hydrogen) atoms. The maximum Gasteiger partial charge on any atom is 0.343 e. The van der Waals surface area contributed by atoms with E-state index in [1.165, 1.54) is 70.1 Å². The van der Waals surface area contributed by atoms with Crippen LogP contribution in [0.4, 0.5) is 34.6 Å². The van der Waals surface area contributed by atoms with E-state index >= 15 is 0 Å². The Morgan fingerprint density at radius 3 is 1.37 bits per heavy atom. The summed E-state index contributed by atoms with van der Waals surface area (Å²) in [5.74, 6) is -1.06. The van der Waals surface area contributed by atoms with Crippen molar-refractivity contribution in [3.05, 3.63) is 71.8 Å². The quantitative estimate of drug-likeness (QED) is 0.0765. The van der Waals surface area contributed by atoms with E-state index in [2.05, 4.69) is 71.4 Å². The first-order valence-electron chi connectivity index (χ1n) is 17.9. The molecule has 0 unspecified atom stereocenters. The van der Waals surface area contributed by atoms with Gasteiger partial charge in [-0.15, -0.1) is 20.5 Å².